The Morgan fingerprint density at radius 2 is 1.56 bits per heavy atom. The van der Waals surface area contributed by atoms with Crippen molar-refractivity contribution in [1.29, 1.82) is 0 Å². The van der Waals surface area contributed by atoms with Crippen molar-refractivity contribution in [3.05, 3.63) is 108 Å². The van der Waals surface area contributed by atoms with E-state index in [1.807, 2.05) is 66.9 Å². The van der Waals surface area contributed by atoms with Crippen molar-refractivity contribution in [3.8, 4) is 0 Å². The number of nitrogens with one attached hydrogen (secondary N) is 3. The molecule has 3 aromatic carbocycles. The molecule has 6 nitrogen and oxygen atoms in total. The van der Waals surface area contributed by atoms with Gasteiger partial charge in [0, 0.05) is 56.1 Å². The van der Waals surface area contributed by atoms with Crippen molar-refractivity contribution >= 4 is 22.8 Å². The molecular formula is C28H30N4O2. The molecule has 0 bridgehead atoms. The Morgan fingerprint density at radius 3 is 2.32 bits per heavy atom. The second kappa shape index (κ2) is 11.2. The number of rotatable bonds is 9. The molecule has 1 heterocycles. The van der Waals surface area contributed by atoms with Gasteiger partial charge in [-0.2, -0.15) is 0 Å². The van der Waals surface area contributed by atoms with Gasteiger partial charge in [0.2, 0.25) is 5.91 Å². The number of nitrogens with zero attached hydrogens (tertiary/aromatic N) is 1. The van der Waals surface area contributed by atoms with E-state index >= 15 is 0 Å². The Bertz CT molecular complexity index is 1220. The van der Waals surface area contributed by atoms with Crippen LogP contribution >= 0.6 is 0 Å². The van der Waals surface area contributed by atoms with Crippen LogP contribution < -0.4 is 10.6 Å². The molecule has 0 aliphatic carbocycles. The number of hydrogen-bond donors (Lipinski definition) is 3. The molecule has 34 heavy (non-hydrogen) atoms. The van der Waals surface area contributed by atoms with E-state index in [0.717, 1.165) is 27.6 Å². The molecule has 6 heteroatoms. The molecule has 0 fully saturated rings. The molecule has 0 aliphatic heterocycles. The largest absolute Gasteiger partial charge is 0.361 e. The SMILES string of the molecule is CN(Cc1ccccc1)C(=O)NCCC(=O)NCC(c1ccccc1)c1c[nH]c2ccccc12. The lowest BCUT2D eigenvalue weighted by atomic mass is 9.91. The average molecular weight is 455 g/mol. The summed E-state index contributed by atoms with van der Waals surface area (Å²) in [5.41, 5.74) is 4.43. The first-order chi connectivity index (χ1) is 16.6. The van der Waals surface area contributed by atoms with E-state index in [4.69, 9.17) is 0 Å². The zero-order valence-electron chi connectivity index (χ0n) is 19.3. The number of carbonyl (C=O) groups is 2. The van der Waals surface area contributed by atoms with Gasteiger partial charge < -0.3 is 20.5 Å². The molecule has 0 saturated heterocycles. The van der Waals surface area contributed by atoms with E-state index in [-0.39, 0.29) is 30.8 Å². The lowest BCUT2D eigenvalue weighted by Crippen LogP contribution is -2.39. The number of hydrogen-bond acceptors (Lipinski definition) is 2. The fraction of sp³-hybridized carbons (Fsp3) is 0.214. The number of amides is 3. The minimum atomic E-state index is -0.197. The fourth-order valence-electron chi connectivity index (χ4n) is 4.13. The first-order valence-corrected chi connectivity index (χ1v) is 11.5. The summed E-state index contributed by atoms with van der Waals surface area (Å²) in [6, 6.07) is 28.0. The maximum atomic E-state index is 12.6. The van der Waals surface area contributed by atoms with Crippen LogP contribution in [0.5, 0.6) is 0 Å². The van der Waals surface area contributed by atoms with Crippen LogP contribution in [0.4, 0.5) is 4.79 Å². The summed E-state index contributed by atoms with van der Waals surface area (Å²) in [6.07, 6.45) is 2.25. The number of fused-ring (bicyclic) bond motifs is 1. The minimum Gasteiger partial charge on any atom is -0.361 e. The maximum Gasteiger partial charge on any atom is 0.317 e. The average Bonchev–Trinajstić information content (AvgIpc) is 3.29. The highest BCUT2D eigenvalue weighted by Gasteiger charge is 2.19. The number of aromatic amines is 1. The molecular weight excluding hydrogens is 424 g/mol. The third kappa shape index (κ3) is 5.84. The predicted octanol–water partition coefficient (Wildman–Crippen LogP) is 4.65. The predicted molar refractivity (Wildman–Crippen MR) is 136 cm³/mol. The highest BCUT2D eigenvalue weighted by atomic mass is 16.2. The third-order valence-electron chi connectivity index (χ3n) is 5.94. The summed E-state index contributed by atoms with van der Waals surface area (Å²) in [5, 5.41) is 7.04. The van der Waals surface area contributed by atoms with Crippen LogP contribution in [0.1, 0.15) is 29.0 Å². The number of aromatic nitrogens is 1. The lowest BCUT2D eigenvalue weighted by Gasteiger charge is -2.19. The summed E-state index contributed by atoms with van der Waals surface area (Å²) in [4.78, 5) is 29.9. The number of benzene rings is 3. The van der Waals surface area contributed by atoms with Crippen molar-refractivity contribution < 1.29 is 9.59 Å². The first kappa shape index (κ1) is 23.1. The summed E-state index contributed by atoms with van der Waals surface area (Å²) < 4.78 is 0. The highest BCUT2D eigenvalue weighted by molar-refractivity contribution is 5.84. The molecule has 0 saturated carbocycles. The highest BCUT2D eigenvalue weighted by Crippen LogP contribution is 2.30. The molecule has 1 unspecified atom stereocenters. The van der Waals surface area contributed by atoms with Gasteiger partial charge in [-0.1, -0.05) is 78.9 Å². The summed E-state index contributed by atoms with van der Waals surface area (Å²) >= 11 is 0. The Balaban J connectivity index is 1.31. The van der Waals surface area contributed by atoms with Crippen LogP contribution in [0.2, 0.25) is 0 Å². The fourth-order valence-corrected chi connectivity index (χ4v) is 4.13. The molecule has 4 aromatic rings. The van der Waals surface area contributed by atoms with Crippen molar-refractivity contribution in [1.82, 2.24) is 20.5 Å². The molecule has 0 radical (unpaired) electrons. The Morgan fingerprint density at radius 1 is 0.882 bits per heavy atom. The minimum absolute atomic E-state index is 0.0212. The maximum absolute atomic E-state index is 12.6. The lowest BCUT2D eigenvalue weighted by molar-refractivity contribution is -0.120. The standard InChI is InChI=1S/C28H30N4O2/c1-32(20-21-10-4-2-5-11-21)28(34)29-17-16-27(33)31-18-24(22-12-6-3-7-13-22)25-19-30-26-15-9-8-14-23(25)26/h2-15,19,24,30H,16-18,20H2,1H3,(H,29,34)(H,31,33). The topological polar surface area (TPSA) is 77.2 Å². The van der Waals surface area contributed by atoms with Crippen LogP contribution in [0, 0.1) is 0 Å². The number of H-pyrrole nitrogens is 1. The second-order valence-electron chi connectivity index (χ2n) is 8.38. The van der Waals surface area contributed by atoms with Crippen LogP contribution in [-0.4, -0.2) is 42.0 Å². The number of para-hydroxylation sites is 1. The molecule has 4 rings (SSSR count). The van der Waals surface area contributed by atoms with Crippen molar-refractivity contribution in [2.75, 3.05) is 20.1 Å². The molecule has 0 aliphatic rings. The summed E-state index contributed by atoms with van der Waals surface area (Å²) in [6.45, 7) is 1.28. The van der Waals surface area contributed by atoms with Gasteiger partial charge in [-0.05, 0) is 22.8 Å². The van der Waals surface area contributed by atoms with Gasteiger partial charge in [0.05, 0.1) is 0 Å². The third-order valence-corrected chi connectivity index (χ3v) is 5.94. The Hall–Kier alpha value is -4.06. The van der Waals surface area contributed by atoms with Crippen LogP contribution in [-0.2, 0) is 11.3 Å². The van der Waals surface area contributed by atoms with Gasteiger partial charge in [0.1, 0.15) is 0 Å². The van der Waals surface area contributed by atoms with E-state index in [0.29, 0.717) is 13.1 Å². The van der Waals surface area contributed by atoms with E-state index in [1.165, 1.54) is 0 Å². The van der Waals surface area contributed by atoms with Crippen molar-refractivity contribution in [2.45, 2.75) is 18.9 Å². The normalized spacial score (nSPS) is 11.7. The number of carbonyl (C=O) groups excluding carboxylic acids is 2. The summed E-state index contributed by atoms with van der Waals surface area (Å²) in [7, 11) is 1.74. The van der Waals surface area contributed by atoms with E-state index in [2.05, 4.69) is 39.9 Å². The quantitative estimate of drug-likeness (QED) is 0.344. The summed E-state index contributed by atoms with van der Waals surface area (Å²) in [5.74, 6) is -0.0697. The monoisotopic (exact) mass is 454 g/mol. The van der Waals surface area contributed by atoms with Gasteiger partial charge in [0.15, 0.2) is 0 Å². The molecule has 1 aromatic heterocycles. The molecule has 3 amide bonds. The smallest absolute Gasteiger partial charge is 0.317 e. The van der Waals surface area contributed by atoms with E-state index < -0.39 is 0 Å². The van der Waals surface area contributed by atoms with Gasteiger partial charge in [0.25, 0.3) is 0 Å². The van der Waals surface area contributed by atoms with Gasteiger partial charge in [-0.25, -0.2) is 4.79 Å². The second-order valence-corrected chi connectivity index (χ2v) is 8.38. The molecule has 3 N–H and O–H groups in total. The van der Waals surface area contributed by atoms with Crippen LogP contribution in [0.25, 0.3) is 10.9 Å². The zero-order chi connectivity index (χ0) is 23.8. The van der Waals surface area contributed by atoms with E-state index in [9.17, 15) is 9.59 Å². The van der Waals surface area contributed by atoms with Crippen molar-refractivity contribution in [3.63, 3.8) is 0 Å². The number of urea groups is 1. The molecule has 1 atom stereocenters. The van der Waals surface area contributed by atoms with Gasteiger partial charge in [-0.3, -0.25) is 4.79 Å². The molecule has 0 spiro atoms. The molecule has 174 valence electrons. The van der Waals surface area contributed by atoms with Crippen LogP contribution in [0.3, 0.4) is 0 Å². The van der Waals surface area contributed by atoms with Gasteiger partial charge in [-0.15, -0.1) is 0 Å². The Labute approximate surface area is 200 Å². The first-order valence-electron chi connectivity index (χ1n) is 11.5. The van der Waals surface area contributed by atoms with E-state index in [1.54, 1.807) is 11.9 Å². The Kier molecular flexibility index (Phi) is 7.60. The van der Waals surface area contributed by atoms with Crippen LogP contribution in [0.15, 0.2) is 91.1 Å². The van der Waals surface area contributed by atoms with Crippen molar-refractivity contribution in [2.24, 2.45) is 0 Å². The van der Waals surface area contributed by atoms with Gasteiger partial charge >= 0.3 is 6.03 Å². The zero-order valence-corrected chi connectivity index (χ0v) is 19.3.